The standard InChI is InChI=1S/C21H19N7O6S4/c1-9-3-4-11(37-9)17-26-27-20(34-17)36-7-10-16(18(31)32)28-14(30)5-15(28)38-21(10,12-8-35-19(22)24-12)25-13(29)6-23-33-2/h3-4,6,8,15H,5,7H2,1-2H3,(H2,22,24)(H,25,29)(H,31,32)/t15-,21?/m0/s1. The van der Waals surface area contributed by atoms with Crippen LogP contribution in [0.1, 0.15) is 17.0 Å². The van der Waals surface area contributed by atoms with Gasteiger partial charge in [-0.1, -0.05) is 28.7 Å². The number of thioether (sulfide) groups is 2. The van der Waals surface area contributed by atoms with E-state index >= 15 is 0 Å². The summed E-state index contributed by atoms with van der Waals surface area (Å²) in [5.74, 6) is -2.03. The number of nitrogens with one attached hydrogen (secondary N) is 1. The van der Waals surface area contributed by atoms with Crippen LogP contribution in [0, 0.1) is 6.92 Å². The Labute approximate surface area is 231 Å². The van der Waals surface area contributed by atoms with E-state index in [0.717, 1.165) is 39.1 Å². The Balaban J connectivity index is 1.58. The number of carboxylic acids is 1. The number of nitrogens with two attached hydrogens (primary N) is 1. The van der Waals surface area contributed by atoms with Gasteiger partial charge in [0, 0.05) is 21.6 Å². The van der Waals surface area contributed by atoms with Crippen LogP contribution in [0.2, 0.25) is 0 Å². The minimum absolute atomic E-state index is 0.0324. The summed E-state index contributed by atoms with van der Waals surface area (Å²) in [7, 11) is 1.29. The third kappa shape index (κ3) is 4.77. The lowest BCUT2D eigenvalue weighted by Gasteiger charge is -2.51. The predicted octanol–water partition coefficient (Wildman–Crippen LogP) is 2.48. The fourth-order valence-electron chi connectivity index (χ4n) is 3.93. The van der Waals surface area contributed by atoms with Crippen molar-refractivity contribution in [2.45, 2.75) is 28.8 Å². The van der Waals surface area contributed by atoms with E-state index in [1.165, 1.54) is 35.1 Å². The number of carboxylic acid groups (broad SMARTS) is 1. The number of fused-ring (bicyclic) bond motifs is 1. The topological polar surface area (TPSA) is 186 Å². The molecule has 2 atom stereocenters. The fraction of sp³-hybridized carbons (Fsp3) is 0.286. The van der Waals surface area contributed by atoms with Crippen molar-refractivity contribution in [2.75, 3.05) is 18.6 Å². The summed E-state index contributed by atoms with van der Waals surface area (Å²) in [4.78, 5) is 48.5. The van der Waals surface area contributed by atoms with E-state index in [1.54, 1.807) is 5.38 Å². The average molecular weight is 594 g/mol. The second-order valence-electron chi connectivity index (χ2n) is 7.90. The first-order valence-electron chi connectivity index (χ1n) is 10.8. The van der Waals surface area contributed by atoms with Gasteiger partial charge in [-0.25, -0.2) is 9.78 Å². The van der Waals surface area contributed by atoms with Crippen molar-refractivity contribution in [3.8, 4) is 10.8 Å². The van der Waals surface area contributed by atoms with E-state index in [2.05, 4.69) is 30.5 Å². The molecule has 0 bridgehead atoms. The summed E-state index contributed by atoms with van der Waals surface area (Å²) < 4.78 is 5.80. The van der Waals surface area contributed by atoms with Crippen LogP contribution in [0.15, 0.2) is 43.6 Å². The van der Waals surface area contributed by atoms with Crippen LogP contribution in [0.3, 0.4) is 0 Å². The Hall–Kier alpha value is -3.41. The Morgan fingerprint density at radius 3 is 2.89 bits per heavy atom. The molecule has 4 N–H and O–H groups in total. The van der Waals surface area contributed by atoms with Gasteiger partial charge in [0.05, 0.1) is 22.4 Å². The molecule has 2 aliphatic heterocycles. The van der Waals surface area contributed by atoms with Crippen molar-refractivity contribution >= 4 is 75.3 Å². The molecular weight excluding hydrogens is 575 g/mol. The zero-order valence-corrected chi connectivity index (χ0v) is 23.0. The predicted molar refractivity (Wildman–Crippen MR) is 142 cm³/mol. The van der Waals surface area contributed by atoms with Gasteiger partial charge in [0.2, 0.25) is 5.91 Å². The molecular formula is C21H19N7O6S4. The Kier molecular flexibility index (Phi) is 7.17. The number of anilines is 1. The number of carbonyl (C=O) groups excluding carboxylic acids is 2. The van der Waals surface area contributed by atoms with Crippen LogP contribution in [0.5, 0.6) is 0 Å². The molecule has 38 heavy (non-hydrogen) atoms. The smallest absolute Gasteiger partial charge is 0.352 e. The van der Waals surface area contributed by atoms with E-state index in [-0.39, 0.29) is 39.7 Å². The highest BCUT2D eigenvalue weighted by atomic mass is 32.2. The minimum Gasteiger partial charge on any atom is -0.477 e. The van der Waals surface area contributed by atoms with E-state index in [4.69, 9.17) is 10.2 Å². The first-order valence-corrected chi connectivity index (χ1v) is 14.4. The Morgan fingerprint density at radius 1 is 1.45 bits per heavy atom. The zero-order chi connectivity index (χ0) is 27.0. The summed E-state index contributed by atoms with van der Waals surface area (Å²) in [5.41, 5.74) is 6.19. The third-order valence-corrected chi connectivity index (χ3v) is 9.60. The number of carbonyl (C=O) groups is 3. The molecule has 1 fully saturated rings. The number of rotatable bonds is 9. The quantitative estimate of drug-likeness (QED) is 0.143. The van der Waals surface area contributed by atoms with Gasteiger partial charge in [-0.2, -0.15) is 0 Å². The number of nitrogens with zero attached hydrogens (tertiary/aromatic N) is 5. The highest BCUT2D eigenvalue weighted by Crippen LogP contribution is 2.55. The molecule has 1 unspecified atom stereocenters. The molecule has 5 heterocycles. The normalized spacial score (nSPS) is 20.9. The van der Waals surface area contributed by atoms with Crippen molar-refractivity contribution in [3.63, 3.8) is 0 Å². The molecule has 3 aromatic rings. The molecule has 1 saturated heterocycles. The lowest BCUT2D eigenvalue weighted by Crippen LogP contribution is -2.61. The van der Waals surface area contributed by atoms with Gasteiger partial charge < -0.3 is 25.4 Å². The number of oxime groups is 1. The van der Waals surface area contributed by atoms with Gasteiger partial charge in [-0.3, -0.25) is 14.5 Å². The van der Waals surface area contributed by atoms with Crippen LogP contribution >= 0.6 is 46.2 Å². The highest BCUT2D eigenvalue weighted by Gasteiger charge is 2.57. The Morgan fingerprint density at radius 2 is 2.26 bits per heavy atom. The number of aromatic nitrogens is 3. The number of hydrogen-bond donors (Lipinski definition) is 3. The van der Waals surface area contributed by atoms with Gasteiger partial charge in [-0.05, 0) is 19.1 Å². The summed E-state index contributed by atoms with van der Waals surface area (Å²) in [5, 5.41) is 26.3. The third-order valence-electron chi connectivity index (χ3n) is 5.53. The van der Waals surface area contributed by atoms with Gasteiger partial charge in [-0.15, -0.1) is 32.9 Å². The largest absolute Gasteiger partial charge is 0.477 e. The van der Waals surface area contributed by atoms with E-state index < -0.39 is 22.1 Å². The number of hydrogen-bond acceptors (Lipinski definition) is 14. The van der Waals surface area contributed by atoms with Crippen LogP contribution < -0.4 is 11.1 Å². The molecule has 3 aromatic heterocycles. The van der Waals surface area contributed by atoms with Gasteiger partial charge in [0.25, 0.3) is 17.0 Å². The summed E-state index contributed by atoms with van der Waals surface area (Å²) in [6, 6.07) is 3.80. The van der Waals surface area contributed by atoms with Crippen LogP contribution in [0.4, 0.5) is 5.13 Å². The second kappa shape index (κ2) is 10.4. The first kappa shape index (κ1) is 26.2. The zero-order valence-electron chi connectivity index (χ0n) is 19.7. The van der Waals surface area contributed by atoms with Gasteiger partial charge in [0.15, 0.2) is 10.0 Å². The number of nitrogen functional groups attached to an aromatic ring is 1. The Bertz CT molecular complexity index is 1480. The van der Waals surface area contributed by atoms with Gasteiger partial charge in [0.1, 0.15) is 19.0 Å². The van der Waals surface area contributed by atoms with E-state index in [1.807, 2.05) is 19.1 Å². The monoisotopic (exact) mass is 593 g/mol. The molecule has 17 heteroatoms. The fourth-order valence-corrected chi connectivity index (χ4v) is 8.01. The van der Waals surface area contributed by atoms with Crippen LogP contribution in [-0.4, -0.2) is 67.4 Å². The second-order valence-corrected chi connectivity index (χ2v) is 12.4. The van der Waals surface area contributed by atoms with Crippen molar-refractivity contribution < 1.29 is 28.7 Å². The average Bonchev–Trinajstić information content (AvgIpc) is 3.62. The maximum absolute atomic E-state index is 12.9. The SMILES string of the molecule is CON=CC(=O)NC1(c2csc(N)n2)S[C@H]2CC(=O)N2C(C(=O)O)=C1CSc1nnc(-c2ccc(C)s2)o1. The molecule has 13 nitrogen and oxygen atoms in total. The van der Waals surface area contributed by atoms with Crippen molar-refractivity contribution in [1.29, 1.82) is 0 Å². The molecule has 0 aromatic carbocycles. The number of β-lactam (4-membered cyclic amide) rings is 1. The number of amides is 2. The molecule has 0 spiro atoms. The van der Waals surface area contributed by atoms with E-state index in [9.17, 15) is 19.5 Å². The molecule has 198 valence electrons. The number of aryl methyl sites for hydroxylation is 1. The van der Waals surface area contributed by atoms with E-state index in [0.29, 0.717) is 11.6 Å². The minimum atomic E-state index is -1.48. The summed E-state index contributed by atoms with van der Waals surface area (Å²) in [6.07, 6.45) is 1.02. The lowest BCUT2D eigenvalue weighted by atomic mass is 9.98. The van der Waals surface area contributed by atoms with Gasteiger partial charge >= 0.3 is 5.97 Å². The maximum atomic E-state index is 12.9. The maximum Gasteiger partial charge on any atom is 0.352 e. The number of aliphatic carboxylic acids is 1. The van der Waals surface area contributed by atoms with Crippen LogP contribution in [-0.2, 0) is 24.1 Å². The summed E-state index contributed by atoms with van der Waals surface area (Å²) >= 11 is 4.90. The summed E-state index contributed by atoms with van der Waals surface area (Å²) in [6.45, 7) is 1.96. The molecule has 5 rings (SSSR count). The molecule has 0 saturated carbocycles. The molecule has 0 radical (unpaired) electrons. The molecule has 2 amide bonds. The van der Waals surface area contributed by atoms with Crippen molar-refractivity contribution in [1.82, 2.24) is 25.4 Å². The first-order chi connectivity index (χ1) is 18.2. The highest BCUT2D eigenvalue weighted by molar-refractivity contribution is 8.01. The molecule has 0 aliphatic carbocycles. The van der Waals surface area contributed by atoms with Crippen LogP contribution in [0.25, 0.3) is 10.8 Å². The van der Waals surface area contributed by atoms with Crippen molar-refractivity contribution in [2.24, 2.45) is 5.16 Å². The number of thiazole rings is 1. The van der Waals surface area contributed by atoms with Crippen molar-refractivity contribution in [3.05, 3.63) is 39.4 Å². The lowest BCUT2D eigenvalue weighted by molar-refractivity contribution is -0.146. The number of thiophene rings is 1. The molecule has 2 aliphatic rings.